The first kappa shape index (κ1) is 16.2. The summed E-state index contributed by atoms with van der Waals surface area (Å²) in [4.78, 5) is 34.5. The molecule has 18 heavy (non-hydrogen) atoms. The lowest BCUT2D eigenvalue weighted by Crippen LogP contribution is -2.49. The minimum atomic E-state index is -1.34. The summed E-state index contributed by atoms with van der Waals surface area (Å²) >= 11 is 0. The van der Waals surface area contributed by atoms with Gasteiger partial charge in [-0.3, -0.25) is 4.79 Å². The number of aliphatic hydroxyl groups is 1. The third-order valence-corrected chi connectivity index (χ3v) is 2.26. The van der Waals surface area contributed by atoms with Crippen molar-refractivity contribution in [1.29, 1.82) is 0 Å². The van der Waals surface area contributed by atoms with Crippen LogP contribution in [0.2, 0.25) is 0 Å². The number of aliphatic hydroxyl groups excluding tert-OH is 1. The van der Waals surface area contributed by atoms with E-state index in [-0.39, 0.29) is 6.61 Å². The molecule has 0 rings (SSSR count). The molecule has 0 radical (unpaired) electrons. The largest absolute Gasteiger partial charge is 0.480 e. The number of aliphatic carboxylic acids is 1. The van der Waals surface area contributed by atoms with E-state index in [1.165, 1.54) is 4.90 Å². The Kier molecular flexibility index (Phi) is 7.45. The van der Waals surface area contributed by atoms with Gasteiger partial charge >= 0.3 is 12.0 Å². The van der Waals surface area contributed by atoms with E-state index in [0.29, 0.717) is 19.5 Å². The first-order chi connectivity index (χ1) is 8.42. The molecule has 0 aliphatic carbocycles. The lowest BCUT2D eigenvalue weighted by Gasteiger charge is -2.23. The molecule has 8 nitrogen and oxygen atoms in total. The molecule has 0 fully saturated rings. The first-order valence-electron chi connectivity index (χ1n) is 5.59. The fourth-order valence-electron chi connectivity index (χ4n) is 1.31. The number of carboxylic acids is 1. The number of carbonyl (C=O) groups is 3. The highest BCUT2D eigenvalue weighted by Crippen LogP contribution is 1.97. The zero-order chi connectivity index (χ0) is 14.1. The van der Waals surface area contributed by atoms with Gasteiger partial charge in [-0.25, -0.2) is 9.59 Å². The number of hydrogen-bond donors (Lipinski definition) is 4. The number of carboxylic acid groups (broad SMARTS) is 1. The molecule has 0 heterocycles. The standard InChI is InChI=1S/C10H19N3O5/c1-2-13(4-3-5-14)10(18)12-7(9(16)17)6-8(11)15/h7,14H,2-6H2,1H3,(H2,11,15)(H,12,18)(H,16,17). The van der Waals surface area contributed by atoms with Gasteiger partial charge < -0.3 is 26.2 Å². The molecule has 5 N–H and O–H groups in total. The lowest BCUT2D eigenvalue weighted by atomic mass is 10.2. The molecule has 0 bridgehead atoms. The summed E-state index contributed by atoms with van der Waals surface area (Å²) in [7, 11) is 0. The van der Waals surface area contributed by atoms with Crippen molar-refractivity contribution in [2.45, 2.75) is 25.8 Å². The Bertz CT molecular complexity index is 308. The van der Waals surface area contributed by atoms with Crippen LogP contribution in [0.5, 0.6) is 0 Å². The summed E-state index contributed by atoms with van der Waals surface area (Å²) < 4.78 is 0. The third-order valence-electron chi connectivity index (χ3n) is 2.26. The van der Waals surface area contributed by atoms with Gasteiger partial charge in [-0.05, 0) is 13.3 Å². The van der Waals surface area contributed by atoms with Crippen molar-refractivity contribution in [3.05, 3.63) is 0 Å². The SMILES string of the molecule is CCN(CCCO)C(=O)NC(CC(N)=O)C(=O)O. The highest BCUT2D eigenvalue weighted by atomic mass is 16.4. The Labute approximate surface area is 105 Å². The number of nitrogens with one attached hydrogen (secondary N) is 1. The van der Waals surface area contributed by atoms with Crippen molar-refractivity contribution < 1.29 is 24.6 Å². The summed E-state index contributed by atoms with van der Waals surface area (Å²) in [6.45, 7) is 2.34. The monoisotopic (exact) mass is 261 g/mol. The molecule has 0 aromatic carbocycles. The maximum atomic E-state index is 11.7. The molecule has 0 aromatic rings. The van der Waals surface area contributed by atoms with Gasteiger partial charge in [0.25, 0.3) is 0 Å². The quantitative estimate of drug-likeness (QED) is 0.432. The van der Waals surface area contributed by atoms with Crippen LogP contribution in [0, 0.1) is 0 Å². The van der Waals surface area contributed by atoms with E-state index in [0.717, 1.165) is 0 Å². The Balaban J connectivity index is 4.46. The molecular formula is C10H19N3O5. The fraction of sp³-hybridized carbons (Fsp3) is 0.700. The molecular weight excluding hydrogens is 242 g/mol. The second-order valence-corrected chi connectivity index (χ2v) is 3.67. The zero-order valence-corrected chi connectivity index (χ0v) is 10.3. The van der Waals surface area contributed by atoms with Crippen LogP contribution in [0.15, 0.2) is 0 Å². The van der Waals surface area contributed by atoms with E-state index >= 15 is 0 Å². The summed E-state index contributed by atoms with van der Waals surface area (Å²) in [5, 5.41) is 19.7. The molecule has 104 valence electrons. The highest BCUT2D eigenvalue weighted by molar-refractivity contribution is 5.87. The topological polar surface area (TPSA) is 133 Å². The molecule has 0 aliphatic rings. The van der Waals surface area contributed by atoms with Crippen LogP contribution in [0.25, 0.3) is 0 Å². The minimum absolute atomic E-state index is 0.0621. The van der Waals surface area contributed by atoms with Crippen molar-refractivity contribution in [2.75, 3.05) is 19.7 Å². The predicted octanol–water partition coefficient (Wildman–Crippen LogP) is -1.27. The molecule has 0 saturated carbocycles. The summed E-state index contributed by atoms with van der Waals surface area (Å²) in [6.07, 6.45) is -0.0621. The first-order valence-corrected chi connectivity index (χ1v) is 5.59. The van der Waals surface area contributed by atoms with Crippen molar-refractivity contribution >= 4 is 17.9 Å². The Morgan fingerprint density at radius 3 is 2.39 bits per heavy atom. The second kappa shape index (κ2) is 8.29. The molecule has 0 aliphatic heterocycles. The van der Waals surface area contributed by atoms with Gasteiger partial charge in [-0.1, -0.05) is 0 Å². The van der Waals surface area contributed by atoms with Crippen LogP contribution < -0.4 is 11.1 Å². The van der Waals surface area contributed by atoms with Crippen molar-refractivity contribution in [3.63, 3.8) is 0 Å². The average Bonchev–Trinajstić information content (AvgIpc) is 2.28. The Hall–Kier alpha value is -1.83. The zero-order valence-electron chi connectivity index (χ0n) is 10.3. The third kappa shape index (κ3) is 6.04. The van der Waals surface area contributed by atoms with Crippen LogP contribution in [0.1, 0.15) is 19.8 Å². The molecule has 0 spiro atoms. The highest BCUT2D eigenvalue weighted by Gasteiger charge is 2.24. The molecule has 3 amide bonds. The van der Waals surface area contributed by atoms with Crippen LogP contribution in [0.4, 0.5) is 4.79 Å². The normalized spacial score (nSPS) is 11.7. The molecule has 0 aromatic heterocycles. The van der Waals surface area contributed by atoms with Crippen molar-refractivity contribution in [2.24, 2.45) is 5.73 Å². The number of nitrogens with two attached hydrogens (primary N) is 1. The summed E-state index contributed by atoms with van der Waals surface area (Å²) in [6, 6.07) is -1.93. The summed E-state index contributed by atoms with van der Waals surface area (Å²) in [5.74, 6) is -2.12. The van der Waals surface area contributed by atoms with Crippen LogP contribution in [0.3, 0.4) is 0 Å². The number of amides is 3. The van der Waals surface area contributed by atoms with Gasteiger partial charge in [0, 0.05) is 19.7 Å². The van der Waals surface area contributed by atoms with E-state index in [1.54, 1.807) is 6.92 Å². The molecule has 0 saturated heterocycles. The minimum Gasteiger partial charge on any atom is -0.480 e. The van der Waals surface area contributed by atoms with E-state index in [9.17, 15) is 14.4 Å². The lowest BCUT2D eigenvalue weighted by molar-refractivity contribution is -0.140. The predicted molar refractivity (Wildman–Crippen MR) is 62.7 cm³/mol. The van der Waals surface area contributed by atoms with Crippen molar-refractivity contribution in [3.8, 4) is 0 Å². The number of hydrogen-bond acceptors (Lipinski definition) is 4. The van der Waals surface area contributed by atoms with Crippen LogP contribution >= 0.6 is 0 Å². The average molecular weight is 261 g/mol. The number of carbonyl (C=O) groups excluding carboxylic acids is 2. The Morgan fingerprint density at radius 1 is 1.39 bits per heavy atom. The van der Waals surface area contributed by atoms with Gasteiger partial charge in [-0.15, -0.1) is 0 Å². The molecule has 1 unspecified atom stereocenters. The van der Waals surface area contributed by atoms with Gasteiger partial charge in [0.15, 0.2) is 0 Å². The van der Waals surface area contributed by atoms with Crippen molar-refractivity contribution in [1.82, 2.24) is 10.2 Å². The van der Waals surface area contributed by atoms with Gasteiger partial charge in [0.05, 0.1) is 6.42 Å². The van der Waals surface area contributed by atoms with Crippen LogP contribution in [-0.2, 0) is 9.59 Å². The van der Waals surface area contributed by atoms with E-state index in [1.807, 2.05) is 0 Å². The summed E-state index contributed by atoms with van der Waals surface area (Å²) in [5.41, 5.74) is 4.90. The number of nitrogens with zero attached hydrogens (tertiary/aromatic N) is 1. The van der Waals surface area contributed by atoms with Gasteiger partial charge in [0.2, 0.25) is 5.91 Å². The number of urea groups is 1. The molecule has 8 heteroatoms. The smallest absolute Gasteiger partial charge is 0.326 e. The second-order valence-electron chi connectivity index (χ2n) is 3.67. The Morgan fingerprint density at radius 2 is 2.00 bits per heavy atom. The number of rotatable bonds is 8. The maximum Gasteiger partial charge on any atom is 0.326 e. The maximum absolute atomic E-state index is 11.7. The van der Waals surface area contributed by atoms with E-state index < -0.39 is 30.4 Å². The van der Waals surface area contributed by atoms with Crippen LogP contribution in [-0.4, -0.2) is 58.8 Å². The fourth-order valence-corrected chi connectivity index (χ4v) is 1.31. The van der Waals surface area contributed by atoms with Gasteiger partial charge in [0.1, 0.15) is 6.04 Å². The molecule has 1 atom stereocenters. The van der Waals surface area contributed by atoms with Gasteiger partial charge in [-0.2, -0.15) is 0 Å². The van der Waals surface area contributed by atoms with E-state index in [2.05, 4.69) is 5.32 Å². The number of primary amides is 1. The van der Waals surface area contributed by atoms with E-state index in [4.69, 9.17) is 15.9 Å².